The van der Waals surface area contributed by atoms with Crippen molar-refractivity contribution in [1.29, 1.82) is 5.26 Å². The zero-order valence-electron chi connectivity index (χ0n) is 11.2. The van der Waals surface area contributed by atoms with Crippen LogP contribution in [0.5, 0.6) is 0 Å². The number of piperidine rings is 1. The van der Waals surface area contributed by atoms with Gasteiger partial charge in [-0.05, 0) is 25.9 Å². The molecule has 100 valence electrons. The molecule has 1 saturated heterocycles. The molecule has 3 nitrogen and oxygen atoms in total. The van der Waals surface area contributed by atoms with Gasteiger partial charge in [0.25, 0.3) is 0 Å². The Morgan fingerprint density at radius 1 is 1.21 bits per heavy atom. The van der Waals surface area contributed by atoms with E-state index in [1.165, 1.54) is 19.3 Å². The third-order valence-electron chi connectivity index (χ3n) is 3.69. The van der Waals surface area contributed by atoms with Crippen molar-refractivity contribution in [3.05, 3.63) is 35.9 Å². The molecule has 3 heteroatoms. The Morgan fingerprint density at radius 2 is 1.89 bits per heavy atom. The maximum absolute atomic E-state index is 12.4. The molecular formula is C16H20N2O. The molecule has 0 spiro atoms. The molecule has 1 aliphatic rings. The topological polar surface area (TPSA) is 44.1 Å². The number of carbonyl (C=O) groups excluding carboxylic acids is 1. The SMILES string of the molecule is N#CCC(CN1CCCCC1)C(=O)c1ccccc1. The van der Waals surface area contributed by atoms with Gasteiger partial charge < -0.3 is 4.90 Å². The average Bonchev–Trinajstić information content (AvgIpc) is 2.48. The number of nitrogens with zero attached hydrogens (tertiary/aromatic N) is 2. The van der Waals surface area contributed by atoms with Gasteiger partial charge in [0.2, 0.25) is 0 Å². The molecule has 0 saturated carbocycles. The van der Waals surface area contributed by atoms with E-state index in [0.717, 1.165) is 25.2 Å². The van der Waals surface area contributed by atoms with Gasteiger partial charge >= 0.3 is 0 Å². The third kappa shape index (κ3) is 3.90. The van der Waals surface area contributed by atoms with E-state index in [0.29, 0.717) is 6.42 Å². The molecule has 0 radical (unpaired) electrons. The fourth-order valence-corrected chi connectivity index (χ4v) is 2.64. The van der Waals surface area contributed by atoms with E-state index in [4.69, 9.17) is 5.26 Å². The fraction of sp³-hybridized carbons (Fsp3) is 0.500. The summed E-state index contributed by atoms with van der Waals surface area (Å²) in [5.41, 5.74) is 0.722. The minimum absolute atomic E-state index is 0.104. The van der Waals surface area contributed by atoms with Crippen molar-refractivity contribution in [2.45, 2.75) is 25.7 Å². The second-order valence-electron chi connectivity index (χ2n) is 5.15. The number of ketones is 1. The smallest absolute Gasteiger partial charge is 0.168 e. The van der Waals surface area contributed by atoms with E-state index >= 15 is 0 Å². The Bertz CT molecular complexity index is 444. The Kier molecular flexibility index (Phi) is 5.11. The highest BCUT2D eigenvalue weighted by molar-refractivity contribution is 5.98. The lowest BCUT2D eigenvalue weighted by molar-refractivity contribution is 0.0871. The van der Waals surface area contributed by atoms with E-state index in [1.54, 1.807) is 0 Å². The largest absolute Gasteiger partial charge is 0.303 e. The highest BCUT2D eigenvalue weighted by atomic mass is 16.1. The van der Waals surface area contributed by atoms with E-state index in [9.17, 15) is 4.79 Å². The first kappa shape index (κ1) is 13.8. The van der Waals surface area contributed by atoms with Crippen LogP contribution in [0.2, 0.25) is 0 Å². The zero-order valence-corrected chi connectivity index (χ0v) is 11.2. The molecule has 1 aromatic rings. The van der Waals surface area contributed by atoms with Crippen LogP contribution >= 0.6 is 0 Å². The van der Waals surface area contributed by atoms with E-state index in [2.05, 4.69) is 11.0 Å². The van der Waals surface area contributed by atoms with Crippen LogP contribution in [0.25, 0.3) is 0 Å². The number of Topliss-reactive ketones (excluding diaryl/α,β-unsaturated/α-hetero) is 1. The Labute approximate surface area is 114 Å². The highest BCUT2D eigenvalue weighted by Gasteiger charge is 2.23. The average molecular weight is 256 g/mol. The van der Waals surface area contributed by atoms with E-state index in [-0.39, 0.29) is 11.7 Å². The molecular weight excluding hydrogens is 236 g/mol. The van der Waals surface area contributed by atoms with Gasteiger partial charge in [0.1, 0.15) is 0 Å². The summed E-state index contributed by atoms with van der Waals surface area (Å²) in [6.45, 7) is 2.84. The van der Waals surface area contributed by atoms with Gasteiger partial charge in [0, 0.05) is 24.4 Å². The Hall–Kier alpha value is -1.66. The van der Waals surface area contributed by atoms with Crippen molar-refractivity contribution in [3.8, 4) is 6.07 Å². The zero-order chi connectivity index (χ0) is 13.5. The standard InChI is InChI=1S/C16H20N2O/c17-10-9-15(13-18-11-5-2-6-12-18)16(19)14-7-3-1-4-8-14/h1,3-4,7-8,15H,2,5-6,9,11-13H2. The lowest BCUT2D eigenvalue weighted by Gasteiger charge is -2.29. The number of hydrogen-bond donors (Lipinski definition) is 0. The Balaban J connectivity index is 2.02. The summed E-state index contributed by atoms with van der Waals surface area (Å²) in [5.74, 6) is -0.0850. The first-order valence-electron chi connectivity index (χ1n) is 7.00. The fourth-order valence-electron chi connectivity index (χ4n) is 2.64. The van der Waals surface area contributed by atoms with Crippen molar-refractivity contribution in [1.82, 2.24) is 4.90 Å². The maximum Gasteiger partial charge on any atom is 0.168 e. The van der Waals surface area contributed by atoms with Gasteiger partial charge in [0.05, 0.1) is 6.07 Å². The molecule has 1 unspecified atom stereocenters. The number of benzene rings is 1. The van der Waals surface area contributed by atoms with Crippen molar-refractivity contribution in [2.24, 2.45) is 5.92 Å². The van der Waals surface area contributed by atoms with Crippen LogP contribution < -0.4 is 0 Å². The van der Waals surface area contributed by atoms with Crippen LogP contribution in [-0.4, -0.2) is 30.3 Å². The van der Waals surface area contributed by atoms with Gasteiger partial charge in [-0.2, -0.15) is 5.26 Å². The summed E-state index contributed by atoms with van der Waals surface area (Å²) in [5, 5.41) is 8.94. The molecule has 19 heavy (non-hydrogen) atoms. The molecule has 0 aliphatic carbocycles. The first-order valence-corrected chi connectivity index (χ1v) is 7.00. The number of hydrogen-bond acceptors (Lipinski definition) is 3. The van der Waals surface area contributed by atoms with Crippen molar-refractivity contribution in [3.63, 3.8) is 0 Å². The normalized spacial score (nSPS) is 17.6. The molecule has 1 aliphatic heterocycles. The summed E-state index contributed by atoms with van der Waals surface area (Å²) in [6, 6.07) is 11.5. The lowest BCUT2D eigenvalue weighted by atomic mass is 9.94. The van der Waals surface area contributed by atoms with Crippen molar-refractivity contribution < 1.29 is 4.79 Å². The van der Waals surface area contributed by atoms with E-state index < -0.39 is 0 Å². The van der Waals surface area contributed by atoms with Crippen LogP contribution in [0.3, 0.4) is 0 Å². The number of carbonyl (C=O) groups is 1. The minimum atomic E-state index is -0.189. The van der Waals surface area contributed by atoms with Crippen molar-refractivity contribution in [2.75, 3.05) is 19.6 Å². The molecule has 1 aromatic carbocycles. The monoisotopic (exact) mass is 256 g/mol. The van der Waals surface area contributed by atoms with Gasteiger partial charge in [-0.25, -0.2) is 0 Å². The first-order chi connectivity index (χ1) is 9.31. The van der Waals surface area contributed by atoms with Gasteiger partial charge in [0.15, 0.2) is 5.78 Å². The summed E-state index contributed by atoms with van der Waals surface area (Å²) in [6.07, 6.45) is 4.01. The maximum atomic E-state index is 12.4. The van der Waals surface area contributed by atoms with Gasteiger partial charge in [-0.15, -0.1) is 0 Å². The van der Waals surface area contributed by atoms with Crippen LogP contribution in [0.1, 0.15) is 36.0 Å². The summed E-state index contributed by atoms with van der Waals surface area (Å²) in [4.78, 5) is 14.8. The number of nitriles is 1. The van der Waals surface area contributed by atoms with Crippen LogP contribution in [0.4, 0.5) is 0 Å². The van der Waals surface area contributed by atoms with Gasteiger partial charge in [-0.1, -0.05) is 36.8 Å². The van der Waals surface area contributed by atoms with Gasteiger partial charge in [-0.3, -0.25) is 4.79 Å². The molecule has 1 heterocycles. The van der Waals surface area contributed by atoms with Crippen LogP contribution in [-0.2, 0) is 0 Å². The van der Waals surface area contributed by atoms with Crippen LogP contribution in [0.15, 0.2) is 30.3 Å². The molecule has 0 bridgehead atoms. The molecule has 0 aromatic heterocycles. The third-order valence-corrected chi connectivity index (χ3v) is 3.69. The second-order valence-corrected chi connectivity index (χ2v) is 5.15. The van der Waals surface area contributed by atoms with Crippen LogP contribution in [0, 0.1) is 17.2 Å². The van der Waals surface area contributed by atoms with E-state index in [1.807, 2.05) is 30.3 Å². The lowest BCUT2D eigenvalue weighted by Crippen LogP contribution is -2.36. The Morgan fingerprint density at radius 3 is 2.53 bits per heavy atom. The number of likely N-dealkylation sites (tertiary alicyclic amines) is 1. The molecule has 0 N–H and O–H groups in total. The molecule has 1 fully saturated rings. The van der Waals surface area contributed by atoms with Crippen molar-refractivity contribution >= 4 is 5.78 Å². The molecule has 0 amide bonds. The second kappa shape index (κ2) is 7.06. The summed E-state index contributed by atoms with van der Waals surface area (Å²) < 4.78 is 0. The predicted octanol–water partition coefficient (Wildman–Crippen LogP) is 2.89. The summed E-state index contributed by atoms with van der Waals surface area (Å²) >= 11 is 0. The summed E-state index contributed by atoms with van der Waals surface area (Å²) in [7, 11) is 0. The minimum Gasteiger partial charge on any atom is -0.303 e. The quantitative estimate of drug-likeness (QED) is 0.761. The number of rotatable bonds is 5. The molecule has 1 atom stereocenters. The molecule has 2 rings (SSSR count). The highest BCUT2D eigenvalue weighted by Crippen LogP contribution is 2.17. The predicted molar refractivity (Wildman–Crippen MR) is 74.8 cm³/mol.